The van der Waals surface area contributed by atoms with Crippen LogP contribution in [0.1, 0.15) is 66.2 Å². The lowest BCUT2D eigenvalue weighted by Gasteiger charge is -2.23. The smallest absolute Gasteiger partial charge is 0.0169 e. The summed E-state index contributed by atoms with van der Waals surface area (Å²) in [6.45, 7) is 10.1. The molecule has 0 heterocycles. The van der Waals surface area contributed by atoms with Crippen LogP contribution < -0.4 is 5.32 Å². The highest BCUT2D eigenvalue weighted by Gasteiger charge is 2.13. The molecule has 1 nitrogen and oxygen atoms in total. The minimum absolute atomic E-state index is 0.237. The predicted octanol–water partition coefficient (Wildman–Crippen LogP) is 4.29. The quantitative estimate of drug-likeness (QED) is 0.701. The second-order valence-electron chi connectivity index (χ2n) is 6.18. The molecule has 0 aliphatic heterocycles. The van der Waals surface area contributed by atoms with Crippen molar-refractivity contribution in [3.8, 4) is 0 Å². The van der Waals surface area contributed by atoms with E-state index in [2.05, 4.69) is 39.1 Å². The van der Waals surface area contributed by atoms with Crippen molar-refractivity contribution in [1.82, 2.24) is 5.32 Å². The Morgan fingerprint density at radius 3 is 2.31 bits per heavy atom. The van der Waals surface area contributed by atoms with Crippen LogP contribution in [-0.2, 0) is 0 Å². The van der Waals surface area contributed by atoms with Crippen LogP contribution in [0.5, 0.6) is 0 Å². The van der Waals surface area contributed by atoms with Gasteiger partial charge in [0.05, 0.1) is 0 Å². The zero-order valence-corrected chi connectivity index (χ0v) is 11.6. The largest absolute Gasteiger partial charge is 0.308 e. The van der Waals surface area contributed by atoms with E-state index in [1.807, 2.05) is 0 Å². The Hall–Kier alpha value is -0.300. The Morgan fingerprint density at radius 1 is 1.19 bits per heavy atom. The van der Waals surface area contributed by atoms with Gasteiger partial charge in [0, 0.05) is 12.1 Å². The Balaban J connectivity index is 2.42. The first-order valence-corrected chi connectivity index (χ1v) is 6.96. The third-order valence-electron chi connectivity index (χ3n) is 3.42. The average Bonchev–Trinajstić information content (AvgIpc) is 2.24. The topological polar surface area (TPSA) is 12.0 Å². The molecule has 0 amide bonds. The van der Waals surface area contributed by atoms with Crippen LogP contribution in [0.4, 0.5) is 0 Å². The van der Waals surface area contributed by atoms with E-state index >= 15 is 0 Å². The van der Waals surface area contributed by atoms with Gasteiger partial charge in [-0.15, -0.1) is 0 Å². The third kappa shape index (κ3) is 5.69. The minimum atomic E-state index is 0.237. The summed E-state index contributed by atoms with van der Waals surface area (Å²) >= 11 is 0. The first-order chi connectivity index (χ1) is 7.51. The van der Waals surface area contributed by atoms with Crippen molar-refractivity contribution in [3.05, 3.63) is 11.6 Å². The van der Waals surface area contributed by atoms with Crippen LogP contribution in [-0.4, -0.2) is 12.1 Å². The predicted molar refractivity (Wildman–Crippen MR) is 72.7 cm³/mol. The van der Waals surface area contributed by atoms with Crippen molar-refractivity contribution >= 4 is 0 Å². The maximum absolute atomic E-state index is 3.59. The minimum Gasteiger partial charge on any atom is -0.308 e. The average molecular weight is 223 g/mol. The molecule has 0 spiro atoms. The summed E-state index contributed by atoms with van der Waals surface area (Å²) in [6, 6.07) is 0. The highest BCUT2D eigenvalue weighted by atomic mass is 14.9. The van der Waals surface area contributed by atoms with Crippen molar-refractivity contribution in [2.24, 2.45) is 5.92 Å². The fraction of sp³-hybridized carbons (Fsp3) is 0.867. The molecule has 1 heteroatoms. The van der Waals surface area contributed by atoms with E-state index in [0.29, 0.717) is 0 Å². The van der Waals surface area contributed by atoms with Gasteiger partial charge in [0.2, 0.25) is 0 Å². The van der Waals surface area contributed by atoms with Crippen molar-refractivity contribution in [2.75, 3.05) is 6.54 Å². The summed E-state index contributed by atoms with van der Waals surface area (Å²) < 4.78 is 0. The Morgan fingerprint density at radius 2 is 1.81 bits per heavy atom. The molecule has 1 aliphatic rings. The van der Waals surface area contributed by atoms with Gasteiger partial charge in [-0.1, -0.05) is 37.8 Å². The van der Waals surface area contributed by atoms with Gasteiger partial charge >= 0.3 is 0 Å². The lowest BCUT2D eigenvalue weighted by atomic mass is 9.87. The fourth-order valence-electron chi connectivity index (χ4n) is 2.31. The van der Waals surface area contributed by atoms with Crippen LogP contribution >= 0.6 is 0 Å². The molecule has 0 aromatic carbocycles. The molecular formula is C15H29N. The molecule has 0 saturated heterocycles. The van der Waals surface area contributed by atoms with Crippen molar-refractivity contribution < 1.29 is 0 Å². The molecular weight excluding hydrogens is 194 g/mol. The van der Waals surface area contributed by atoms with E-state index in [4.69, 9.17) is 0 Å². The summed E-state index contributed by atoms with van der Waals surface area (Å²) in [4.78, 5) is 0. The molecule has 16 heavy (non-hydrogen) atoms. The first kappa shape index (κ1) is 13.8. The van der Waals surface area contributed by atoms with Crippen molar-refractivity contribution in [1.29, 1.82) is 0 Å². The zero-order chi connectivity index (χ0) is 12.0. The molecule has 1 aliphatic carbocycles. The number of hydrogen-bond donors (Lipinski definition) is 1. The maximum Gasteiger partial charge on any atom is 0.0169 e. The standard InChI is InChI=1S/C15H29N/c1-5-13(12-16-15(2,3)4)11-14-9-7-6-8-10-14/h11,14,16H,5-10,12H2,1-4H3. The summed E-state index contributed by atoms with van der Waals surface area (Å²) in [5.41, 5.74) is 1.84. The molecule has 0 aromatic heterocycles. The van der Waals surface area contributed by atoms with Crippen molar-refractivity contribution in [3.63, 3.8) is 0 Å². The molecule has 94 valence electrons. The molecule has 1 rings (SSSR count). The number of hydrogen-bond acceptors (Lipinski definition) is 1. The van der Waals surface area contributed by atoms with Crippen LogP contribution in [0.25, 0.3) is 0 Å². The SMILES string of the molecule is CCC(=CC1CCCCC1)CNC(C)(C)C. The molecule has 0 atom stereocenters. The summed E-state index contributed by atoms with van der Waals surface area (Å²) in [6.07, 6.45) is 10.9. The molecule has 0 radical (unpaired) electrons. The van der Waals surface area contributed by atoms with E-state index in [9.17, 15) is 0 Å². The second-order valence-corrected chi connectivity index (χ2v) is 6.18. The van der Waals surface area contributed by atoms with Gasteiger partial charge in [-0.2, -0.15) is 0 Å². The fourth-order valence-corrected chi connectivity index (χ4v) is 2.31. The van der Waals surface area contributed by atoms with Crippen LogP contribution in [0, 0.1) is 5.92 Å². The van der Waals surface area contributed by atoms with Crippen LogP contribution in [0.3, 0.4) is 0 Å². The van der Waals surface area contributed by atoms with Gasteiger partial charge in [-0.05, 0) is 46.0 Å². The Bertz CT molecular complexity index is 216. The number of allylic oxidation sites excluding steroid dienone is 1. The first-order valence-electron chi connectivity index (χ1n) is 6.96. The van der Waals surface area contributed by atoms with Gasteiger partial charge in [0.15, 0.2) is 0 Å². The molecule has 0 unspecified atom stereocenters. The number of nitrogens with one attached hydrogen (secondary N) is 1. The van der Waals surface area contributed by atoms with E-state index < -0.39 is 0 Å². The Kier molecular flexibility index (Phi) is 5.54. The van der Waals surface area contributed by atoms with E-state index in [0.717, 1.165) is 12.5 Å². The van der Waals surface area contributed by atoms with Gasteiger partial charge in [0.1, 0.15) is 0 Å². The summed E-state index contributed by atoms with van der Waals surface area (Å²) in [7, 11) is 0. The highest BCUT2D eigenvalue weighted by molar-refractivity contribution is 5.07. The van der Waals surface area contributed by atoms with Gasteiger partial charge < -0.3 is 5.32 Å². The molecule has 1 fully saturated rings. The Labute approximate surface area is 102 Å². The van der Waals surface area contributed by atoms with E-state index in [-0.39, 0.29) is 5.54 Å². The van der Waals surface area contributed by atoms with Gasteiger partial charge in [0.25, 0.3) is 0 Å². The monoisotopic (exact) mass is 223 g/mol. The molecule has 1 N–H and O–H groups in total. The summed E-state index contributed by atoms with van der Waals surface area (Å²) in [5.74, 6) is 0.866. The zero-order valence-electron chi connectivity index (χ0n) is 11.6. The number of rotatable bonds is 4. The molecule has 0 aromatic rings. The van der Waals surface area contributed by atoms with Crippen molar-refractivity contribution in [2.45, 2.75) is 71.8 Å². The lowest BCUT2D eigenvalue weighted by molar-refractivity contribution is 0.412. The lowest BCUT2D eigenvalue weighted by Crippen LogP contribution is -2.37. The second kappa shape index (κ2) is 6.44. The van der Waals surface area contributed by atoms with E-state index in [1.54, 1.807) is 5.57 Å². The molecule has 1 saturated carbocycles. The maximum atomic E-state index is 3.59. The third-order valence-corrected chi connectivity index (χ3v) is 3.42. The van der Waals surface area contributed by atoms with Crippen LogP contribution in [0.15, 0.2) is 11.6 Å². The van der Waals surface area contributed by atoms with Gasteiger partial charge in [-0.25, -0.2) is 0 Å². The molecule has 0 bridgehead atoms. The highest BCUT2D eigenvalue weighted by Crippen LogP contribution is 2.26. The van der Waals surface area contributed by atoms with Gasteiger partial charge in [-0.3, -0.25) is 0 Å². The van der Waals surface area contributed by atoms with E-state index in [1.165, 1.54) is 38.5 Å². The summed E-state index contributed by atoms with van der Waals surface area (Å²) in [5, 5.41) is 3.59. The van der Waals surface area contributed by atoms with Crippen LogP contribution in [0.2, 0.25) is 0 Å². The normalized spacial score (nSPS) is 20.1.